The number of carbonyl (C=O) groups is 3. The number of nitrogens with zero attached hydrogens (tertiary/aromatic N) is 1. The maximum atomic E-state index is 12.4. The molecule has 2 aromatic carbocycles. The molecule has 3 amide bonds. The Morgan fingerprint density at radius 1 is 0.957 bits per heavy atom. The molecule has 0 aromatic heterocycles. The summed E-state index contributed by atoms with van der Waals surface area (Å²) in [7, 11) is 0. The topological polar surface area (TPSA) is 86.7 Å². The second-order valence-electron chi connectivity index (χ2n) is 4.68. The third-order valence-corrected chi connectivity index (χ3v) is 4.62. The number of halogens is 2. The number of rotatable bonds is 2. The van der Waals surface area contributed by atoms with Gasteiger partial charge >= 0.3 is 0 Å². The lowest BCUT2D eigenvalue weighted by atomic mass is 10.1. The first-order chi connectivity index (χ1) is 10.9. The summed E-state index contributed by atoms with van der Waals surface area (Å²) in [4.78, 5) is 37.0. The minimum Gasteiger partial charge on any atom is -0.507 e. The first kappa shape index (κ1) is 15.7. The average molecular weight is 440 g/mol. The maximum Gasteiger partial charge on any atom is 0.281 e. The molecule has 0 atom stereocenters. The van der Waals surface area contributed by atoms with E-state index < -0.39 is 17.7 Å². The third kappa shape index (κ3) is 2.53. The number of hydrazine groups is 1. The van der Waals surface area contributed by atoms with Gasteiger partial charge in [-0.3, -0.25) is 19.8 Å². The minimum absolute atomic E-state index is 0.0396. The monoisotopic (exact) mass is 438 g/mol. The van der Waals surface area contributed by atoms with Gasteiger partial charge in [0.25, 0.3) is 17.7 Å². The van der Waals surface area contributed by atoms with Crippen LogP contribution < -0.4 is 5.43 Å². The molecule has 0 saturated heterocycles. The molecule has 6 nitrogen and oxygen atoms in total. The molecule has 0 bridgehead atoms. The van der Waals surface area contributed by atoms with E-state index in [4.69, 9.17) is 0 Å². The summed E-state index contributed by atoms with van der Waals surface area (Å²) in [5, 5.41) is 10.3. The van der Waals surface area contributed by atoms with Crippen LogP contribution in [0.1, 0.15) is 31.1 Å². The molecule has 0 fully saturated rings. The molecule has 1 aliphatic rings. The number of imide groups is 1. The van der Waals surface area contributed by atoms with Crippen molar-refractivity contribution in [2.24, 2.45) is 0 Å². The van der Waals surface area contributed by atoms with Gasteiger partial charge in [0.15, 0.2) is 0 Å². The number of hydrogen-bond donors (Lipinski definition) is 2. The van der Waals surface area contributed by atoms with Crippen molar-refractivity contribution in [2.75, 3.05) is 0 Å². The number of phenolic OH excluding ortho intramolecular Hbond substituents is 1. The Hall–Kier alpha value is -2.19. The van der Waals surface area contributed by atoms with Crippen LogP contribution in [0.2, 0.25) is 0 Å². The van der Waals surface area contributed by atoms with Crippen molar-refractivity contribution in [1.82, 2.24) is 10.4 Å². The number of phenols is 1. The summed E-state index contributed by atoms with van der Waals surface area (Å²) >= 11 is 6.45. The molecule has 1 aliphatic heterocycles. The Morgan fingerprint density at radius 3 is 2.00 bits per heavy atom. The summed E-state index contributed by atoms with van der Waals surface area (Å²) < 4.78 is 0.904. The summed E-state index contributed by atoms with van der Waals surface area (Å²) in [5.41, 5.74) is 2.53. The lowest BCUT2D eigenvalue weighted by Crippen LogP contribution is -2.45. The van der Waals surface area contributed by atoms with E-state index in [-0.39, 0.29) is 22.4 Å². The van der Waals surface area contributed by atoms with E-state index in [0.717, 1.165) is 0 Å². The summed E-state index contributed by atoms with van der Waals surface area (Å²) in [6, 6.07) is 9.09. The molecular weight excluding hydrogens is 432 g/mol. The SMILES string of the molecule is O=C(NN1C(=O)c2c(Br)ccc(Br)c2C1=O)c1ccccc1O. The van der Waals surface area contributed by atoms with Crippen molar-refractivity contribution in [3.63, 3.8) is 0 Å². The minimum atomic E-state index is -0.759. The molecule has 23 heavy (non-hydrogen) atoms. The fraction of sp³-hybridized carbons (Fsp3) is 0. The molecule has 2 N–H and O–H groups in total. The van der Waals surface area contributed by atoms with Crippen LogP contribution in [0, 0.1) is 0 Å². The van der Waals surface area contributed by atoms with E-state index in [9.17, 15) is 19.5 Å². The van der Waals surface area contributed by atoms with E-state index in [0.29, 0.717) is 14.0 Å². The zero-order chi connectivity index (χ0) is 16.7. The second kappa shape index (κ2) is 5.78. The highest BCUT2D eigenvalue weighted by Gasteiger charge is 2.40. The number of carbonyl (C=O) groups excluding carboxylic acids is 3. The molecular formula is C15H8Br2N2O4. The molecule has 8 heteroatoms. The van der Waals surface area contributed by atoms with Gasteiger partial charge in [0.1, 0.15) is 5.75 Å². The van der Waals surface area contributed by atoms with Crippen LogP contribution in [0.5, 0.6) is 5.75 Å². The van der Waals surface area contributed by atoms with Gasteiger partial charge in [0.2, 0.25) is 0 Å². The zero-order valence-electron chi connectivity index (χ0n) is 11.3. The molecule has 0 saturated carbocycles. The van der Waals surface area contributed by atoms with Crippen LogP contribution in [0.15, 0.2) is 45.3 Å². The highest BCUT2D eigenvalue weighted by atomic mass is 79.9. The first-order valence-corrected chi connectivity index (χ1v) is 7.96. The normalized spacial score (nSPS) is 13.2. The van der Waals surface area contributed by atoms with Gasteiger partial charge < -0.3 is 5.11 Å². The number of nitrogens with one attached hydrogen (secondary N) is 1. The molecule has 0 aliphatic carbocycles. The third-order valence-electron chi connectivity index (χ3n) is 3.30. The number of fused-ring (bicyclic) bond motifs is 1. The van der Waals surface area contributed by atoms with E-state index in [1.165, 1.54) is 12.1 Å². The number of benzene rings is 2. The highest BCUT2D eigenvalue weighted by molar-refractivity contribution is 9.11. The molecule has 2 aromatic rings. The molecule has 116 valence electrons. The van der Waals surface area contributed by atoms with Crippen molar-refractivity contribution < 1.29 is 19.5 Å². The van der Waals surface area contributed by atoms with E-state index >= 15 is 0 Å². The van der Waals surface area contributed by atoms with E-state index in [1.54, 1.807) is 24.3 Å². The average Bonchev–Trinajstić information content (AvgIpc) is 2.77. The van der Waals surface area contributed by atoms with Crippen LogP contribution in [0.4, 0.5) is 0 Å². The summed E-state index contributed by atoms with van der Waals surface area (Å²) in [6.45, 7) is 0. The van der Waals surface area contributed by atoms with Gasteiger partial charge in [-0.2, -0.15) is 5.01 Å². The van der Waals surface area contributed by atoms with Crippen molar-refractivity contribution in [2.45, 2.75) is 0 Å². The van der Waals surface area contributed by atoms with Crippen LogP contribution in [-0.4, -0.2) is 27.8 Å². The smallest absolute Gasteiger partial charge is 0.281 e. The Labute approximate surface area is 147 Å². The van der Waals surface area contributed by atoms with E-state index in [2.05, 4.69) is 37.3 Å². The first-order valence-electron chi connectivity index (χ1n) is 6.37. The van der Waals surface area contributed by atoms with Gasteiger partial charge in [-0.1, -0.05) is 12.1 Å². The van der Waals surface area contributed by atoms with Gasteiger partial charge in [0.05, 0.1) is 16.7 Å². The number of para-hydroxylation sites is 1. The predicted molar refractivity (Wildman–Crippen MR) is 87.9 cm³/mol. The fourth-order valence-corrected chi connectivity index (χ4v) is 3.21. The van der Waals surface area contributed by atoms with E-state index in [1.807, 2.05) is 0 Å². The summed E-state index contributed by atoms with van der Waals surface area (Å²) in [6.07, 6.45) is 0. The van der Waals surface area contributed by atoms with Crippen LogP contribution in [0.25, 0.3) is 0 Å². The lowest BCUT2D eigenvalue weighted by molar-refractivity contribution is 0.0516. The number of aromatic hydroxyl groups is 1. The molecule has 0 spiro atoms. The maximum absolute atomic E-state index is 12.4. The van der Waals surface area contributed by atoms with Gasteiger partial charge in [-0.15, -0.1) is 0 Å². The lowest BCUT2D eigenvalue weighted by Gasteiger charge is -2.15. The number of hydrogen-bond acceptors (Lipinski definition) is 4. The second-order valence-corrected chi connectivity index (χ2v) is 6.39. The Kier molecular flexibility index (Phi) is 3.95. The van der Waals surface area contributed by atoms with Gasteiger partial charge in [-0.25, -0.2) is 0 Å². The standard InChI is InChI=1S/C15H8Br2N2O4/c16-8-5-6-9(17)12-11(8)14(22)19(15(12)23)18-13(21)7-3-1-2-4-10(7)20/h1-6,20H,(H,18,21). The predicted octanol–water partition coefficient (Wildman–Crippen LogP) is 2.86. The molecule has 1 heterocycles. The van der Waals surface area contributed by atoms with Crippen LogP contribution in [-0.2, 0) is 0 Å². The molecule has 0 unspecified atom stereocenters. The van der Waals surface area contributed by atoms with Gasteiger partial charge in [-0.05, 0) is 56.1 Å². The fourth-order valence-electron chi connectivity index (χ4n) is 2.21. The van der Waals surface area contributed by atoms with Crippen LogP contribution >= 0.6 is 31.9 Å². The van der Waals surface area contributed by atoms with Crippen molar-refractivity contribution in [1.29, 1.82) is 0 Å². The van der Waals surface area contributed by atoms with Crippen molar-refractivity contribution in [3.8, 4) is 5.75 Å². The Morgan fingerprint density at radius 2 is 1.48 bits per heavy atom. The molecule has 0 radical (unpaired) electrons. The van der Waals surface area contributed by atoms with Crippen LogP contribution in [0.3, 0.4) is 0 Å². The Bertz CT molecular complexity index is 826. The van der Waals surface area contributed by atoms with Crippen molar-refractivity contribution in [3.05, 3.63) is 62.0 Å². The zero-order valence-corrected chi connectivity index (χ0v) is 14.5. The number of amides is 3. The highest BCUT2D eigenvalue weighted by Crippen LogP contribution is 2.34. The molecule has 3 rings (SSSR count). The quantitative estimate of drug-likeness (QED) is 0.704. The largest absolute Gasteiger partial charge is 0.507 e. The van der Waals surface area contributed by atoms with Gasteiger partial charge in [0, 0.05) is 8.95 Å². The van der Waals surface area contributed by atoms with Crippen molar-refractivity contribution >= 4 is 49.6 Å². The summed E-state index contributed by atoms with van der Waals surface area (Å²) in [5.74, 6) is -2.31. The Balaban J connectivity index is 1.95.